The molecule has 0 saturated heterocycles. The normalized spacial score (nSPS) is 10.8. The molecule has 66 valence electrons. The summed E-state index contributed by atoms with van der Waals surface area (Å²) in [6.45, 7) is 8.71. The molecule has 0 atom stereocenters. The number of aromatic nitrogens is 1. The Morgan fingerprint density at radius 2 is 2.00 bits per heavy atom. The molecule has 0 radical (unpaired) electrons. The molecule has 1 heterocycles. The monoisotopic (exact) mass is 163 g/mol. The fourth-order valence-corrected chi connectivity index (χ4v) is 1.35. The van der Waals surface area contributed by atoms with Crippen LogP contribution in [0.5, 0.6) is 0 Å². The van der Waals surface area contributed by atoms with E-state index in [-0.39, 0.29) is 0 Å². The summed E-state index contributed by atoms with van der Waals surface area (Å²) in [6.07, 6.45) is 3.06. The van der Waals surface area contributed by atoms with E-state index in [0.717, 1.165) is 18.0 Å². The minimum absolute atomic E-state index is 0.727. The van der Waals surface area contributed by atoms with Crippen LogP contribution in [-0.2, 0) is 6.42 Å². The quantitative estimate of drug-likeness (QED) is 0.653. The molecule has 0 amide bonds. The molecule has 1 heteroatoms. The molecule has 1 nitrogen and oxygen atoms in total. The molecule has 1 rings (SSSR count). The van der Waals surface area contributed by atoms with E-state index in [4.69, 9.17) is 0 Å². The molecule has 0 fully saturated rings. The topological polar surface area (TPSA) is 12.9 Å². The highest BCUT2D eigenvalue weighted by molar-refractivity contribution is 5.27. The Labute approximate surface area is 74.8 Å². The van der Waals surface area contributed by atoms with Gasteiger partial charge in [-0.2, -0.15) is 0 Å². The molecule has 0 aliphatic heterocycles. The lowest BCUT2D eigenvalue weighted by Crippen LogP contribution is -1.99. The predicted molar refractivity (Wildman–Crippen MR) is 52.3 cm³/mol. The second-order valence-corrected chi connectivity index (χ2v) is 3.78. The molecule has 0 aliphatic rings. The van der Waals surface area contributed by atoms with E-state index in [1.54, 1.807) is 0 Å². The fraction of sp³-hybridized carbons (Fsp3) is 0.545. The Morgan fingerprint density at radius 1 is 1.33 bits per heavy atom. The van der Waals surface area contributed by atoms with Crippen molar-refractivity contribution >= 4 is 0 Å². The third-order valence-corrected chi connectivity index (χ3v) is 2.20. The maximum atomic E-state index is 4.25. The van der Waals surface area contributed by atoms with Gasteiger partial charge in [0.25, 0.3) is 0 Å². The van der Waals surface area contributed by atoms with Gasteiger partial charge in [-0.3, -0.25) is 4.98 Å². The van der Waals surface area contributed by atoms with Gasteiger partial charge in [0.15, 0.2) is 0 Å². The molecule has 0 spiro atoms. The van der Waals surface area contributed by atoms with Gasteiger partial charge in [-0.05, 0) is 43.4 Å². The molecule has 0 unspecified atom stereocenters. The minimum atomic E-state index is 0.727. The van der Waals surface area contributed by atoms with Crippen molar-refractivity contribution in [3.05, 3.63) is 29.1 Å². The highest BCUT2D eigenvalue weighted by Gasteiger charge is 2.03. The van der Waals surface area contributed by atoms with Crippen LogP contribution < -0.4 is 0 Å². The van der Waals surface area contributed by atoms with Gasteiger partial charge in [-0.1, -0.05) is 13.8 Å². The Morgan fingerprint density at radius 3 is 2.58 bits per heavy atom. The SMILES string of the molecule is Cc1nccc(CC(C)C)c1C. The third-order valence-electron chi connectivity index (χ3n) is 2.20. The highest BCUT2D eigenvalue weighted by atomic mass is 14.7. The summed E-state index contributed by atoms with van der Waals surface area (Å²) in [5.41, 5.74) is 3.96. The molecule has 0 saturated carbocycles. The second-order valence-electron chi connectivity index (χ2n) is 3.78. The first-order chi connectivity index (χ1) is 5.61. The summed E-state index contributed by atoms with van der Waals surface area (Å²) in [5.74, 6) is 0.727. The first-order valence-corrected chi connectivity index (χ1v) is 4.52. The molecule has 0 bridgehead atoms. The van der Waals surface area contributed by atoms with Gasteiger partial charge >= 0.3 is 0 Å². The number of nitrogens with zero attached hydrogens (tertiary/aromatic N) is 1. The number of rotatable bonds is 2. The summed E-state index contributed by atoms with van der Waals surface area (Å²) in [7, 11) is 0. The van der Waals surface area contributed by atoms with Crippen molar-refractivity contribution in [1.29, 1.82) is 0 Å². The Balaban J connectivity index is 2.92. The van der Waals surface area contributed by atoms with Gasteiger partial charge in [-0.15, -0.1) is 0 Å². The van der Waals surface area contributed by atoms with Crippen molar-refractivity contribution in [3.8, 4) is 0 Å². The Hall–Kier alpha value is -0.850. The van der Waals surface area contributed by atoms with Crippen LogP contribution >= 0.6 is 0 Å². The van der Waals surface area contributed by atoms with Gasteiger partial charge in [0.05, 0.1) is 0 Å². The van der Waals surface area contributed by atoms with Gasteiger partial charge < -0.3 is 0 Å². The van der Waals surface area contributed by atoms with Gasteiger partial charge in [-0.25, -0.2) is 0 Å². The molecular weight excluding hydrogens is 146 g/mol. The number of hydrogen-bond donors (Lipinski definition) is 0. The van der Waals surface area contributed by atoms with E-state index >= 15 is 0 Å². The largest absolute Gasteiger partial charge is 0.261 e. The van der Waals surface area contributed by atoms with Crippen LogP contribution in [-0.4, -0.2) is 4.98 Å². The first-order valence-electron chi connectivity index (χ1n) is 4.52. The van der Waals surface area contributed by atoms with Crippen molar-refractivity contribution in [2.24, 2.45) is 5.92 Å². The zero-order valence-electron chi connectivity index (χ0n) is 8.39. The van der Waals surface area contributed by atoms with Crippen LogP contribution in [0.2, 0.25) is 0 Å². The van der Waals surface area contributed by atoms with Crippen molar-refractivity contribution in [1.82, 2.24) is 4.98 Å². The zero-order chi connectivity index (χ0) is 9.14. The van der Waals surface area contributed by atoms with E-state index in [9.17, 15) is 0 Å². The van der Waals surface area contributed by atoms with Crippen molar-refractivity contribution < 1.29 is 0 Å². The van der Waals surface area contributed by atoms with Crippen LogP contribution in [0.4, 0.5) is 0 Å². The van der Waals surface area contributed by atoms with Crippen LogP contribution in [0.15, 0.2) is 12.3 Å². The molecule has 0 aliphatic carbocycles. The van der Waals surface area contributed by atoms with Crippen LogP contribution in [0.25, 0.3) is 0 Å². The summed E-state index contributed by atoms with van der Waals surface area (Å²) in [4.78, 5) is 4.25. The lowest BCUT2D eigenvalue weighted by molar-refractivity contribution is 0.643. The zero-order valence-corrected chi connectivity index (χ0v) is 8.39. The van der Waals surface area contributed by atoms with Crippen LogP contribution in [0.3, 0.4) is 0 Å². The van der Waals surface area contributed by atoms with Gasteiger partial charge in [0.2, 0.25) is 0 Å². The predicted octanol–water partition coefficient (Wildman–Crippen LogP) is 2.90. The standard InChI is InChI=1S/C11H17N/c1-8(2)7-11-5-6-12-10(4)9(11)3/h5-6,8H,7H2,1-4H3. The van der Waals surface area contributed by atoms with E-state index in [2.05, 4.69) is 38.7 Å². The van der Waals surface area contributed by atoms with Crippen LogP contribution in [0.1, 0.15) is 30.7 Å². The maximum absolute atomic E-state index is 4.25. The summed E-state index contributed by atoms with van der Waals surface area (Å²) < 4.78 is 0. The molecule has 1 aromatic rings. The summed E-state index contributed by atoms with van der Waals surface area (Å²) in [5, 5.41) is 0. The van der Waals surface area contributed by atoms with E-state index in [1.165, 1.54) is 11.1 Å². The summed E-state index contributed by atoms with van der Waals surface area (Å²) >= 11 is 0. The van der Waals surface area contributed by atoms with Crippen molar-refractivity contribution in [2.45, 2.75) is 34.1 Å². The van der Waals surface area contributed by atoms with E-state index in [1.807, 2.05) is 6.20 Å². The van der Waals surface area contributed by atoms with E-state index < -0.39 is 0 Å². The minimum Gasteiger partial charge on any atom is -0.261 e. The van der Waals surface area contributed by atoms with Gasteiger partial charge in [0.1, 0.15) is 0 Å². The lowest BCUT2D eigenvalue weighted by Gasteiger charge is -2.09. The number of aryl methyl sites for hydroxylation is 1. The maximum Gasteiger partial charge on any atom is 0.0404 e. The molecular formula is C11H17N. The number of pyridine rings is 1. The lowest BCUT2D eigenvalue weighted by atomic mass is 9.99. The van der Waals surface area contributed by atoms with Gasteiger partial charge in [0, 0.05) is 11.9 Å². The summed E-state index contributed by atoms with van der Waals surface area (Å²) in [6, 6.07) is 2.13. The van der Waals surface area contributed by atoms with Crippen molar-refractivity contribution in [3.63, 3.8) is 0 Å². The van der Waals surface area contributed by atoms with Crippen LogP contribution in [0, 0.1) is 19.8 Å². The Kier molecular flexibility index (Phi) is 2.85. The molecule has 0 N–H and O–H groups in total. The average Bonchev–Trinajstić information content (AvgIpc) is 1.98. The highest BCUT2D eigenvalue weighted by Crippen LogP contribution is 2.14. The first kappa shape index (κ1) is 9.24. The average molecular weight is 163 g/mol. The number of hydrogen-bond acceptors (Lipinski definition) is 1. The molecule has 0 aromatic carbocycles. The van der Waals surface area contributed by atoms with Crippen molar-refractivity contribution in [2.75, 3.05) is 0 Å². The smallest absolute Gasteiger partial charge is 0.0404 e. The Bertz CT molecular complexity index is 264. The molecule has 1 aromatic heterocycles. The second kappa shape index (κ2) is 3.70. The fourth-order valence-electron chi connectivity index (χ4n) is 1.35. The molecule has 12 heavy (non-hydrogen) atoms. The van der Waals surface area contributed by atoms with E-state index in [0.29, 0.717) is 0 Å². The third kappa shape index (κ3) is 2.07.